The Balaban J connectivity index is 2.10. The summed E-state index contributed by atoms with van der Waals surface area (Å²) in [4.78, 5) is 26.6. The monoisotopic (exact) mass is 380 g/mol. The lowest BCUT2D eigenvalue weighted by Gasteiger charge is -2.31. The van der Waals surface area contributed by atoms with E-state index in [2.05, 4.69) is 10.1 Å². The van der Waals surface area contributed by atoms with Crippen LogP contribution < -0.4 is 0 Å². The minimum absolute atomic E-state index is 0.0546. The largest absolute Gasteiger partial charge is 0.431 e. The molecule has 1 aliphatic rings. The lowest BCUT2D eigenvalue weighted by molar-refractivity contribution is -0.385. The molecule has 0 saturated heterocycles. The van der Waals surface area contributed by atoms with Gasteiger partial charge in [-0.25, -0.2) is 0 Å². The fraction of sp³-hybridized carbons (Fsp3) is 0.188. The number of nitro groups is 1. The maximum atomic E-state index is 13.2. The number of benzene rings is 1. The van der Waals surface area contributed by atoms with Crippen molar-refractivity contribution in [2.24, 2.45) is 5.10 Å². The Morgan fingerprint density at radius 3 is 2.52 bits per heavy atom. The molecule has 1 aliphatic heterocycles. The van der Waals surface area contributed by atoms with Crippen LogP contribution in [0.5, 0.6) is 0 Å². The average Bonchev–Trinajstić information content (AvgIpc) is 3.01. The van der Waals surface area contributed by atoms with Gasteiger partial charge in [0.05, 0.1) is 11.3 Å². The highest BCUT2D eigenvalue weighted by Gasteiger charge is 2.53. The van der Waals surface area contributed by atoms with E-state index in [-0.39, 0.29) is 11.1 Å². The van der Waals surface area contributed by atoms with E-state index in [1.54, 1.807) is 0 Å². The van der Waals surface area contributed by atoms with Crippen LogP contribution in [0.4, 0.5) is 18.9 Å². The van der Waals surface area contributed by atoms with Crippen molar-refractivity contribution in [3.05, 3.63) is 70.0 Å². The predicted molar refractivity (Wildman–Crippen MR) is 85.5 cm³/mol. The van der Waals surface area contributed by atoms with Gasteiger partial charge in [0.15, 0.2) is 5.72 Å². The fourth-order valence-corrected chi connectivity index (χ4v) is 2.63. The van der Waals surface area contributed by atoms with Gasteiger partial charge in [0.1, 0.15) is 5.71 Å². The van der Waals surface area contributed by atoms with Gasteiger partial charge in [-0.2, -0.15) is 23.3 Å². The van der Waals surface area contributed by atoms with Crippen molar-refractivity contribution in [1.29, 1.82) is 0 Å². The summed E-state index contributed by atoms with van der Waals surface area (Å²) in [5.74, 6) is -1.01. The number of nitro benzene ring substituents is 1. The molecule has 0 radical (unpaired) electrons. The highest BCUT2D eigenvalue weighted by Crippen LogP contribution is 2.41. The third kappa shape index (κ3) is 3.36. The van der Waals surface area contributed by atoms with E-state index in [0.29, 0.717) is 5.01 Å². The molecule has 2 aromatic rings. The molecule has 11 heteroatoms. The first kappa shape index (κ1) is 18.5. The second-order valence-corrected chi connectivity index (χ2v) is 5.70. The van der Waals surface area contributed by atoms with Crippen molar-refractivity contribution in [3.8, 4) is 0 Å². The highest BCUT2D eigenvalue weighted by atomic mass is 19.4. The molecular formula is C16H11F3N4O4. The number of pyridine rings is 1. The van der Waals surface area contributed by atoms with Crippen molar-refractivity contribution >= 4 is 17.3 Å². The molecule has 0 saturated carbocycles. The molecule has 1 atom stereocenters. The molecule has 140 valence electrons. The van der Waals surface area contributed by atoms with E-state index in [1.165, 1.54) is 36.7 Å². The van der Waals surface area contributed by atoms with Crippen molar-refractivity contribution < 1.29 is 28.0 Å². The number of carbonyl (C=O) groups excluding carboxylic acids is 1. The number of aromatic nitrogens is 1. The summed E-state index contributed by atoms with van der Waals surface area (Å²) < 4.78 is 39.5. The van der Waals surface area contributed by atoms with Gasteiger partial charge in [-0.3, -0.25) is 19.9 Å². The zero-order valence-corrected chi connectivity index (χ0v) is 13.4. The van der Waals surface area contributed by atoms with Crippen LogP contribution in [0.25, 0.3) is 0 Å². The first-order chi connectivity index (χ1) is 12.6. The SMILES string of the molecule is O=C(c1ccncc1)N1N=C(C(F)(F)F)C[C@@]1(O)c1cccc([N+](=O)[O-])c1. The standard InChI is InChI=1S/C16H11F3N4O4/c17-16(18,19)13-9-15(25,11-2-1-3-12(8-11)23(26)27)22(21-13)14(24)10-4-6-20-7-5-10/h1-8,25H,9H2/t15-/m1/s1. The molecular weight excluding hydrogens is 369 g/mol. The maximum Gasteiger partial charge on any atom is 0.431 e. The number of nitrogens with zero attached hydrogens (tertiary/aromatic N) is 4. The van der Waals surface area contributed by atoms with Gasteiger partial charge in [-0.15, -0.1) is 0 Å². The van der Waals surface area contributed by atoms with Crippen molar-refractivity contribution in [2.75, 3.05) is 0 Å². The molecule has 0 spiro atoms. The second-order valence-electron chi connectivity index (χ2n) is 5.70. The summed E-state index contributed by atoms with van der Waals surface area (Å²) in [5, 5.41) is 25.5. The molecule has 0 fully saturated rings. The molecule has 0 unspecified atom stereocenters. The third-order valence-electron chi connectivity index (χ3n) is 3.95. The number of alkyl halides is 3. The Kier molecular flexibility index (Phi) is 4.39. The molecule has 1 N–H and O–H groups in total. The number of amides is 1. The Labute approximate surface area is 149 Å². The van der Waals surface area contributed by atoms with Gasteiger partial charge in [-0.05, 0) is 12.1 Å². The Bertz CT molecular complexity index is 933. The molecule has 27 heavy (non-hydrogen) atoms. The number of rotatable bonds is 3. The van der Waals surface area contributed by atoms with Gasteiger partial charge in [0.25, 0.3) is 11.6 Å². The number of hydrogen-bond donors (Lipinski definition) is 1. The van der Waals surface area contributed by atoms with Crippen molar-refractivity contribution in [3.63, 3.8) is 0 Å². The summed E-state index contributed by atoms with van der Waals surface area (Å²) in [7, 11) is 0. The highest BCUT2D eigenvalue weighted by molar-refractivity contribution is 5.99. The minimum atomic E-state index is -4.89. The normalized spacial score (nSPS) is 19.7. The zero-order chi connectivity index (χ0) is 19.8. The quantitative estimate of drug-likeness (QED) is 0.650. The van der Waals surface area contributed by atoms with Crippen LogP contribution in [0.15, 0.2) is 53.9 Å². The molecule has 1 aromatic carbocycles. The molecule has 0 aliphatic carbocycles. The number of hydrazone groups is 1. The van der Waals surface area contributed by atoms with Gasteiger partial charge < -0.3 is 5.11 Å². The van der Waals surface area contributed by atoms with Crippen LogP contribution in [0.1, 0.15) is 22.3 Å². The summed E-state index contributed by atoms with van der Waals surface area (Å²) in [5.41, 5.74) is -4.67. The fourth-order valence-electron chi connectivity index (χ4n) is 2.63. The van der Waals surface area contributed by atoms with E-state index < -0.39 is 40.6 Å². The van der Waals surface area contributed by atoms with E-state index in [9.17, 15) is 33.2 Å². The van der Waals surface area contributed by atoms with Gasteiger partial charge >= 0.3 is 6.18 Å². The molecule has 1 amide bonds. The first-order valence-electron chi connectivity index (χ1n) is 7.49. The second kappa shape index (κ2) is 6.43. The maximum absolute atomic E-state index is 13.2. The first-order valence-corrected chi connectivity index (χ1v) is 7.49. The zero-order valence-electron chi connectivity index (χ0n) is 13.4. The number of halogens is 3. The van der Waals surface area contributed by atoms with Gasteiger partial charge in [-0.1, -0.05) is 12.1 Å². The number of carbonyl (C=O) groups is 1. The van der Waals surface area contributed by atoms with Gasteiger partial charge in [0.2, 0.25) is 0 Å². The lowest BCUT2D eigenvalue weighted by atomic mass is 9.96. The minimum Gasteiger partial charge on any atom is -0.365 e. The molecule has 3 rings (SSSR count). The number of aliphatic hydroxyl groups is 1. The molecule has 2 heterocycles. The number of non-ortho nitro benzene ring substituents is 1. The summed E-state index contributed by atoms with van der Waals surface area (Å²) in [6, 6.07) is 6.90. The molecule has 1 aromatic heterocycles. The summed E-state index contributed by atoms with van der Waals surface area (Å²) in [6.07, 6.45) is -3.44. The predicted octanol–water partition coefficient (Wildman–Crippen LogP) is 2.60. The summed E-state index contributed by atoms with van der Waals surface area (Å²) >= 11 is 0. The Morgan fingerprint density at radius 2 is 1.93 bits per heavy atom. The molecule has 8 nitrogen and oxygen atoms in total. The van der Waals surface area contributed by atoms with E-state index in [0.717, 1.165) is 12.1 Å². The Morgan fingerprint density at radius 1 is 1.26 bits per heavy atom. The van der Waals surface area contributed by atoms with E-state index in [1.807, 2.05) is 0 Å². The van der Waals surface area contributed by atoms with Crippen LogP contribution in [-0.4, -0.2) is 37.8 Å². The van der Waals surface area contributed by atoms with Crippen molar-refractivity contribution in [2.45, 2.75) is 18.3 Å². The van der Waals surface area contributed by atoms with Crippen LogP contribution in [0.3, 0.4) is 0 Å². The van der Waals surface area contributed by atoms with Crippen molar-refractivity contribution in [1.82, 2.24) is 9.99 Å². The van der Waals surface area contributed by atoms with Gasteiger partial charge in [0, 0.05) is 35.7 Å². The van der Waals surface area contributed by atoms with E-state index >= 15 is 0 Å². The lowest BCUT2D eigenvalue weighted by Crippen LogP contribution is -2.43. The third-order valence-corrected chi connectivity index (χ3v) is 3.95. The number of hydrogen-bond acceptors (Lipinski definition) is 6. The topological polar surface area (TPSA) is 109 Å². The molecule has 0 bridgehead atoms. The van der Waals surface area contributed by atoms with Crippen LogP contribution in [0, 0.1) is 10.1 Å². The van der Waals surface area contributed by atoms with Crippen LogP contribution >= 0.6 is 0 Å². The van der Waals surface area contributed by atoms with Crippen LogP contribution in [0.2, 0.25) is 0 Å². The smallest absolute Gasteiger partial charge is 0.365 e. The van der Waals surface area contributed by atoms with Crippen LogP contribution in [-0.2, 0) is 5.72 Å². The van der Waals surface area contributed by atoms with E-state index in [4.69, 9.17) is 0 Å². The summed E-state index contributed by atoms with van der Waals surface area (Å²) in [6.45, 7) is 0. The Hall–Kier alpha value is -3.34. The average molecular weight is 380 g/mol.